The van der Waals surface area contributed by atoms with E-state index in [0.29, 0.717) is 17.1 Å². The van der Waals surface area contributed by atoms with Crippen LogP contribution in [0.4, 0.5) is 5.69 Å². The second-order valence-electron chi connectivity index (χ2n) is 4.66. The highest BCUT2D eigenvalue weighted by molar-refractivity contribution is 9.10. The van der Waals surface area contributed by atoms with Crippen molar-refractivity contribution in [3.05, 3.63) is 61.6 Å². The second kappa shape index (κ2) is 6.45. The van der Waals surface area contributed by atoms with Crippen LogP contribution in [0, 0.1) is 24.0 Å². The topological polar surface area (TPSA) is 52.4 Å². The Bertz CT molecular complexity index is 680. The summed E-state index contributed by atoms with van der Waals surface area (Å²) in [7, 11) is 0. The Morgan fingerprint density at radius 2 is 1.86 bits per heavy atom. The number of benzene rings is 2. The summed E-state index contributed by atoms with van der Waals surface area (Å²) in [4.78, 5) is 10.3. The second-order valence-corrected chi connectivity index (χ2v) is 5.72. The number of alkyl halides is 1. The molecule has 0 aromatic heterocycles. The monoisotopic (exact) mass is 369 g/mol. The molecule has 21 heavy (non-hydrogen) atoms. The lowest BCUT2D eigenvalue weighted by atomic mass is 10.1. The first-order valence-electron chi connectivity index (χ1n) is 6.20. The van der Waals surface area contributed by atoms with Crippen molar-refractivity contribution in [2.45, 2.75) is 19.7 Å². The maximum absolute atomic E-state index is 10.8. The number of hydrogen-bond acceptors (Lipinski definition) is 3. The lowest BCUT2D eigenvalue weighted by Crippen LogP contribution is -1.94. The summed E-state index contributed by atoms with van der Waals surface area (Å²) in [6, 6.07) is 8.21. The maximum Gasteiger partial charge on any atom is 0.270 e. The highest BCUT2D eigenvalue weighted by atomic mass is 79.9. The van der Waals surface area contributed by atoms with Crippen molar-refractivity contribution in [2.75, 3.05) is 0 Å². The van der Waals surface area contributed by atoms with Crippen LogP contribution in [0.2, 0.25) is 0 Å². The first kappa shape index (κ1) is 15.8. The van der Waals surface area contributed by atoms with Crippen molar-refractivity contribution in [1.29, 1.82) is 0 Å². The van der Waals surface area contributed by atoms with Gasteiger partial charge in [0.1, 0.15) is 11.5 Å². The van der Waals surface area contributed by atoms with Gasteiger partial charge in [-0.1, -0.05) is 15.9 Å². The minimum absolute atomic E-state index is 0.00108. The molecule has 0 aliphatic carbocycles. The van der Waals surface area contributed by atoms with E-state index in [1.807, 2.05) is 26.0 Å². The van der Waals surface area contributed by atoms with Gasteiger partial charge in [-0.2, -0.15) is 0 Å². The van der Waals surface area contributed by atoms with Crippen LogP contribution in [0.3, 0.4) is 0 Å². The molecule has 0 atom stereocenters. The van der Waals surface area contributed by atoms with E-state index in [1.165, 1.54) is 12.1 Å². The van der Waals surface area contributed by atoms with Gasteiger partial charge >= 0.3 is 0 Å². The van der Waals surface area contributed by atoms with E-state index in [-0.39, 0.29) is 11.6 Å². The van der Waals surface area contributed by atoms with E-state index in [4.69, 9.17) is 16.3 Å². The largest absolute Gasteiger partial charge is 0.457 e. The van der Waals surface area contributed by atoms with Crippen LogP contribution in [0.5, 0.6) is 11.5 Å². The third-order valence-corrected chi connectivity index (χ3v) is 4.58. The average Bonchev–Trinajstić information content (AvgIpc) is 2.44. The Morgan fingerprint density at radius 1 is 1.24 bits per heavy atom. The van der Waals surface area contributed by atoms with Gasteiger partial charge in [0.15, 0.2) is 0 Å². The fourth-order valence-electron chi connectivity index (χ4n) is 1.98. The SMILES string of the molecule is Cc1cc(Oc2ccc([N+](=O)[O-])cc2CCl)cc(C)c1Br. The Kier molecular flexibility index (Phi) is 4.85. The van der Waals surface area contributed by atoms with Crippen LogP contribution >= 0.6 is 27.5 Å². The van der Waals surface area contributed by atoms with E-state index in [2.05, 4.69) is 15.9 Å². The van der Waals surface area contributed by atoms with Gasteiger partial charge in [0, 0.05) is 22.2 Å². The first-order chi connectivity index (χ1) is 9.92. The molecule has 0 aliphatic rings. The van der Waals surface area contributed by atoms with Gasteiger partial charge < -0.3 is 4.74 Å². The quantitative estimate of drug-likeness (QED) is 0.405. The number of nitrogens with zero attached hydrogens (tertiary/aromatic N) is 1. The molecule has 0 bridgehead atoms. The lowest BCUT2D eigenvalue weighted by molar-refractivity contribution is -0.384. The highest BCUT2D eigenvalue weighted by Crippen LogP contribution is 2.33. The number of rotatable bonds is 4. The molecule has 2 aromatic carbocycles. The van der Waals surface area contributed by atoms with Crippen LogP contribution in [-0.2, 0) is 5.88 Å². The summed E-state index contributed by atoms with van der Waals surface area (Å²) in [5, 5.41) is 10.8. The van der Waals surface area contributed by atoms with Gasteiger partial charge in [0.05, 0.1) is 10.8 Å². The molecular weight excluding hydrogens is 358 g/mol. The molecule has 110 valence electrons. The van der Waals surface area contributed by atoms with Gasteiger partial charge in [-0.3, -0.25) is 10.1 Å². The number of hydrogen-bond donors (Lipinski definition) is 0. The number of halogens is 2. The molecule has 0 amide bonds. The first-order valence-corrected chi connectivity index (χ1v) is 7.53. The molecule has 0 spiro atoms. The molecule has 0 saturated heterocycles. The molecule has 2 rings (SSSR count). The number of aryl methyl sites for hydroxylation is 2. The molecule has 0 radical (unpaired) electrons. The zero-order valence-electron chi connectivity index (χ0n) is 11.5. The predicted octanol–water partition coefficient (Wildman–Crippen LogP) is 5.51. The number of nitro groups is 1. The van der Waals surface area contributed by atoms with Gasteiger partial charge in [-0.25, -0.2) is 0 Å². The van der Waals surface area contributed by atoms with Gasteiger partial charge in [-0.15, -0.1) is 11.6 Å². The number of ether oxygens (including phenoxy) is 1. The Hall–Kier alpha value is -1.59. The van der Waals surface area contributed by atoms with E-state index in [0.717, 1.165) is 15.6 Å². The standard InChI is InChI=1S/C15H13BrClNO3/c1-9-5-13(6-10(2)15(9)16)21-14-4-3-12(18(19)20)7-11(14)8-17/h3-7H,8H2,1-2H3. The van der Waals surface area contributed by atoms with Crippen LogP contribution in [-0.4, -0.2) is 4.92 Å². The predicted molar refractivity (Wildman–Crippen MR) is 86.3 cm³/mol. The Morgan fingerprint density at radius 3 is 2.38 bits per heavy atom. The van der Waals surface area contributed by atoms with Crippen molar-refractivity contribution in [2.24, 2.45) is 0 Å². The zero-order chi connectivity index (χ0) is 15.6. The van der Waals surface area contributed by atoms with Crippen molar-refractivity contribution in [1.82, 2.24) is 0 Å². The smallest absolute Gasteiger partial charge is 0.270 e. The normalized spacial score (nSPS) is 10.5. The van der Waals surface area contributed by atoms with Crippen molar-refractivity contribution >= 4 is 33.2 Å². The number of nitro benzene ring substituents is 1. The van der Waals surface area contributed by atoms with E-state index in [9.17, 15) is 10.1 Å². The van der Waals surface area contributed by atoms with Crippen molar-refractivity contribution in [3.8, 4) is 11.5 Å². The molecule has 4 nitrogen and oxygen atoms in total. The maximum atomic E-state index is 10.8. The molecule has 0 heterocycles. The van der Waals surface area contributed by atoms with Gasteiger partial charge in [0.2, 0.25) is 0 Å². The molecule has 0 aliphatic heterocycles. The Labute approximate surface area is 136 Å². The fraction of sp³-hybridized carbons (Fsp3) is 0.200. The van der Waals surface area contributed by atoms with E-state index < -0.39 is 4.92 Å². The molecule has 0 unspecified atom stereocenters. The van der Waals surface area contributed by atoms with E-state index in [1.54, 1.807) is 6.07 Å². The summed E-state index contributed by atoms with van der Waals surface area (Å²) in [6.45, 7) is 3.95. The lowest BCUT2D eigenvalue weighted by Gasteiger charge is -2.12. The molecular formula is C15H13BrClNO3. The fourth-order valence-corrected chi connectivity index (χ4v) is 2.41. The van der Waals surface area contributed by atoms with Gasteiger partial charge in [0.25, 0.3) is 5.69 Å². The molecule has 0 fully saturated rings. The van der Waals surface area contributed by atoms with Crippen molar-refractivity contribution < 1.29 is 9.66 Å². The third kappa shape index (κ3) is 3.54. The average molecular weight is 371 g/mol. The van der Waals surface area contributed by atoms with Crippen LogP contribution in [0.25, 0.3) is 0 Å². The minimum atomic E-state index is -0.451. The van der Waals surface area contributed by atoms with Crippen LogP contribution in [0.15, 0.2) is 34.8 Å². The highest BCUT2D eigenvalue weighted by Gasteiger charge is 2.12. The molecule has 0 saturated carbocycles. The summed E-state index contributed by atoms with van der Waals surface area (Å²) in [5.74, 6) is 1.34. The third-order valence-electron chi connectivity index (χ3n) is 3.04. The molecule has 2 aromatic rings. The summed E-state index contributed by atoms with van der Waals surface area (Å²) >= 11 is 9.35. The summed E-state index contributed by atoms with van der Waals surface area (Å²) in [6.07, 6.45) is 0. The summed E-state index contributed by atoms with van der Waals surface area (Å²) in [5.41, 5.74) is 2.70. The van der Waals surface area contributed by atoms with Crippen molar-refractivity contribution in [3.63, 3.8) is 0 Å². The van der Waals surface area contributed by atoms with Crippen LogP contribution < -0.4 is 4.74 Å². The molecule has 0 N–H and O–H groups in total. The van der Waals surface area contributed by atoms with Crippen LogP contribution in [0.1, 0.15) is 16.7 Å². The summed E-state index contributed by atoms with van der Waals surface area (Å²) < 4.78 is 6.86. The van der Waals surface area contributed by atoms with Gasteiger partial charge in [-0.05, 0) is 43.2 Å². The number of non-ortho nitro benzene ring substituents is 1. The molecule has 6 heteroatoms. The van der Waals surface area contributed by atoms with E-state index >= 15 is 0 Å². The Balaban J connectivity index is 2.37. The minimum Gasteiger partial charge on any atom is -0.457 e. The zero-order valence-corrected chi connectivity index (χ0v) is 13.9.